The Morgan fingerprint density at radius 3 is 0.870 bits per heavy atom. The molecule has 0 aliphatic rings. The van der Waals surface area contributed by atoms with Crippen LogP contribution >= 0.6 is 15.8 Å². The van der Waals surface area contributed by atoms with Gasteiger partial charge in [-0.15, -0.1) is 0 Å². The Morgan fingerprint density at radius 1 is 0.348 bits per heavy atom. The number of hydrogen-bond acceptors (Lipinski definition) is 0. The van der Waals surface area contributed by atoms with E-state index in [1.165, 1.54) is 31.8 Å². The van der Waals surface area contributed by atoms with Crippen molar-refractivity contribution in [3.8, 4) is 0 Å². The maximum Gasteiger partial charge on any atom is 2.00 e. The van der Waals surface area contributed by atoms with Crippen LogP contribution in [-0.4, -0.2) is 12.1 Å². The summed E-state index contributed by atoms with van der Waals surface area (Å²) in [6, 6.07) is 60.5. The molecule has 7 heteroatoms. The Balaban J connectivity index is 0.00000212. The van der Waals surface area contributed by atoms with Crippen LogP contribution < -0.4 is 31.8 Å². The molecule has 0 aliphatic carbocycles. The molecule has 0 radical (unpaired) electrons. The van der Waals surface area contributed by atoms with Crippen LogP contribution in [0.5, 0.6) is 0 Å². The molecule has 0 aliphatic heterocycles. The van der Waals surface area contributed by atoms with E-state index < -0.39 is 15.8 Å². The van der Waals surface area contributed by atoms with E-state index in [1.54, 1.807) is 0 Å². The first-order chi connectivity index (χ1) is 20.4. The normalized spacial score (nSPS) is 9.78. The van der Waals surface area contributed by atoms with Gasteiger partial charge in [-0.1, -0.05) is 121 Å². The van der Waals surface area contributed by atoms with Crippen molar-refractivity contribution in [2.45, 2.75) is 0 Å². The molecule has 2 N–H and O–H groups in total. The second-order valence-electron chi connectivity index (χ2n) is 9.71. The molecule has 240 valence electrons. The third-order valence-corrected chi connectivity index (χ3v) is 12.6. The van der Waals surface area contributed by atoms with Crippen molar-refractivity contribution >= 4 is 59.0 Å². The average molecular weight is 828 g/mol. The van der Waals surface area contributed by atoms with Gasteiger partial charge in [0.15, 0.2) is 0 Å². The van der Waals surface area contributed by atoms with Crippen LogP contribution in [0.4, 0.5) is 11.4 Å². The minimum atomic E-state index is -1.22. The molecule has 0 fully saturated rings. The van der Waals surface area contributed by atoms with Gasteiger partial charge in [0.1, 0.15) is 21.2 Å². The van der Waals surface area contributed by atoms with Crippen LogP contribution in [0.3, 0.4) is 0 Å². The first kappa shape index (κ1) is 41.1. The Kier molecular flexibility index (Phi) is 18.8. The molecule has 0 unspecified atom stereocenters. The second-order valence-corrected chi connectivity index (χ2v) is 14.6. The standard InChI is InChI=1S/C37H30N2P2.2CH3.H2O.2Pd/c1-5-17-30(18-6-1)40(31-19-7-2-8-20-31)36-27-15-13-25-34(36)38-29-39-35-26-14-16-28-37(35)41(32-21-9-3-10-22-32)33-23-11-4-12-24-33;;;;;/h1-28H,29H2;2*1H3;1H2;;/q-2;2*-1;;2*+2/p+2. The van der Waals surface area contributed by atoms with Gasteiger partial charge in [-0.2, -0.15) is 0 Å². The zero-order valence-corrected chi connectivity index (χ0v) is 31.0. The van der Waals surface area contributed by atoms with Crippen LogP contribution in [0.2, 0.25) is 0 Å². The molecule has 6 aromatic rings. The Bertz CT molecular complexity index is 1470. The molecule has 0 spiro atoms. The monoisotopic (exact) mass is 826 g/mol. The van der Waals surface area contributed by atoms with E-state index in [2.05, 4.69) is 170 Å². The van der Waals surface area contributed by atoms with E-state index in [0.717, 1.165) is 11.4 Å². The molecule has 0 bridgehead atoms. The summed E-state index contributed by atoms with van der Waals surface area (Å²) in [7, 11) is -2.45. The zero-order chi connectivity index (χ0) is 27.7. The third-order valence-electron chi connectivity index (χ3n) is 7.08. The molecule has 0 saturated heterocycles. The van der Waals surface area contributed by atoms with E-state index in [4.69, 9.17) is 10.6 Å². The third kappa shape index (κ3) is 10.0. The molecule has 46 heavy (non-hydrogen) atoms. The number of rotatable bonds is 10. The van der Waals surface area contributed by atoms with Crippen molar-refractivity contribution in [3.05, 3.63) is 195 Å². The molecule has 6 rings (SSSR count). The summed E-state index contributed by atoms with van der Waals surface area (Å²) in [6.07, 6.45) is 0. The summed E-state index contributed by atoms with van der Waals surface area (Å²) in [5, 5.41) is 18.2. The summed E-state index contributed by atoms with van der Waals surface area (Å²) in [5.41, 5.74) is 2.04. The van der Waals surface area contributed by atoms with E-state index >= 15 is 0 Å². The fraction of sp³-hybridized carbons (Fsp3) is 0.0256. The summed E-state index contributed by atoms with van der Waals surface area (Å²) in [4.78, 5) is 0. The van der Waals surface area contributed by atoms with Crippen LogP contribution in [0.1, 0.15) is 0 Å². The van der Waals surface area contributed by atoms with Gasteiger partial charge < -0.3 is 31.0 Å². The maximum absolute atomic E-state index is 5.09. The van der Waals surface area contributed by atoms with Crippen molar-refractivity contribution in [2.75, 3.05) is 6.67 Å². The van der Waals surface area contributed by atoms with Crippen molar-refractivity contribution < 1.29 is 46.3 Å². The number of nitrogens with zero attached hydrogens (tertiary/aromatic N) is 2. The summed E-state index contributed by atoms with van der Waals surface area (Å²) < 4.78 is 0. The summed E-state index contributed by atoms with van der Waals surface area (Å²) in [5.74, 6) is 0. The Hall–Kier alpha value is -2.94. The largest absolute Gasteiger partial charge is 2.00 e. The Morgan fingerprint density at radius 2 is 0.587 bits per heavy atom. The van der Waals surface area contributed by atoms with Gasteiger partial charge in [-0.25, -0.2) is 6.67 Å². The fourth-order valence-electron chi connectivity index (χ4n) is 5.21. The number of hydrogen-bond donors (Lipinski definition) is 0. The van der Waals surface area contributed by atoms with E-state index in [1.807, 2.05) is 0 Å². The topological polar surface area (TPSA) is 59.7 Å². The first-order valence-electron chi connectivity index (χ1n) is 13.9. The minimum absolute atomic E-state index is 0. The molecular formula is C39H40N2OP2Pd2+2. The quantitative estimate of drug-likeness (QED) is 0.0786. The Labute approximate surface area is 305 Å². The summed E-state index contributed by atoms with van der Waals surface area (Å²) in [6.45, 7) is 0.380. The van der Waals surface area contributed by atoms with E-state index in [9.17, 15) is 0 Å². The predicted molar refractivity (Wildman–Crippen MR) is 200 cm³/mol. The van der Waals surface area contributed by atoms with Crippen LogP contribution in [-0.2, 0) is 40.8 Å². The van der Waals surface area contributed by atoms with Gasteiger partial charge >= 0.3 is 40.8 Å². The number of para-hydroxylation sites is 2. The van der Waals surface area contributed by atoms with Gasteiger partial charge in [-0.3, -0.25) is 0 Å². The van der Waals surface area contributed by atoms with Crippen molar-refractivity contribution in [3.63, 3.8) is 0 Å². The molecule has 0 amide bonds. The predicted octanol–water partition coefficient (Wildman–Crippen LogP) is 7.41. The van der Waals surface area contributed by atoms with Gasteiger partial charge in [0.25, 0.3) is 0 Å². The SMILES string of the molecule is O.[CH3-].[CH3-].[Pd+2].[Pd+2].c1ccc([PH+](c2ccccc2)c2ccccc2[N-]C[N-]c2ccccc2[PH+](c2ccccc2)c2ccccc2)cc1. The molecule has 0 aromatic heterocycles. The second kappa shape index (κ2) is 21.0. The van der Waals surface area contributed by atoms with Crippen molar-refractivity contribution in [1.82, 2.24) is 0 Å². The van der Waals surface area contributed by atoms with Crippen molar-refractivity contribution in [1.29, 1.82) is 0 Å². The molecule has 6 aromatic carbocycles. The van der Waals surface area contributed by atoms with Gasteiger partial charge in [0.2, 0.25) is 0 Å². The van der Waals surface area contributed by atoms with E-state index in [-0.39, 0.29) is 61.2 Å². The minimum Gasteiger partial charge on any atom is -0.696 e. The molecule has 3 nitrogen and oxygen atoms in total. The summed E-state index contributed by atoms with van der Waals surface area (Å²) >= 11 is 0. The zero-order valence-electron chi connectivity index (χ0n) is 25.9. The molecular weight excluding hydrogens is 787 g/mol. The fourth-order valence-corrected chi connectivity index (χ4v) is 10.6. The van der Waals surface area contributed by atoms with E-state index in [0.29, 0.717) is 6.67 Å². The van der Waals surface area contributed by atoms with Crippen molar-refractivity contribution in [2.24, 2.45) is 0 Å². The molecule has 0 heterocycles. The first-order valence-corrected chi connectivity index (χ1v) is 16.9. The van der Waals surface area contributed by atoms with Crippen LogP contribution in [0.15, 0.2) is 170 Å². The van der Waals surface area contributed by atoms with Crippen LogP contribution in [0.25, 0.3) is 10.6 Å². The average Bonchev–Trinajstić information content (AvgIpc) is 3.05. The van der Waals surface area contributed by atoms with Crippen LogP contribution in [0, 0.1) is 14.9 Å². The molecule has 0 saturated carbocycles. The van der Waals surface area contributed by atoms with Gasteiger partial charge in [0, 0.05) is 0 Å². The number of benzene rings is 6. The smallest absolute Gasteiger partial charge is 0.696 e. The van der Waals surface area contributed by atoms with Gasteiger partial charge in [0.05, 0.1) is 26.5 Å². The van der Waals surface area contributed by atoms with Gasteiger partial charge in [-0.05, 0) is 60.7 Å². The maximum atomic E-state index is 5.09. The molecule has 0 atom stereocenters.